The molecule has 0 saturated carbocycles. The van der Waals surface area contributed by atoms with E-state index in [0.29, 0.717) is 39.0 Å². The van der Waals surface area contributed by atoms with Crippen LogP contribution in [-0.4, -0.2) is 92.0 Å². The van der Waals surface area contributed by atoms with Crippen LogP contribution in [0.15, 0.2) is 24.3 Å². The molecule has 0 aromatic heterocycles. The number of hydrogen-bond donors (Lipinski definition) is 2. The quantitative estimate of drug-likeness (QED) is 0.384. The molecule has 210 valence electrons. The highest BCUT2D eigenvalue weighted by Crippen LogP contribution is 2.30. The van der Waals surface area contributed by atoms with Gasteiger partial charge in [0.25, 0.3) is 6.43 Å². The number of hydrogen-bond acceptors (Lipinski definition) is 6. The van der Waals surface area contributed by atoms with E-state index in [2.05, 4.69) is 10.6 Å². The Morgan fingerprint density at radius 3 is 2.42 bits per heavy atom. The topological polar surface area (TPSA) is 91.0 Å². The number of alkyl halides is 5. The molecular formula is C25H31F5N4O4. The molecule has 0 spiro atoms. The van der Waals surface area contributed by atoms with Gasteiger partial charge >= 0.3 is 6.18 Å². The SMILES string of the molecule is O=C(c1ccc(C(F)(F)F)cc1)C1CCN(CC(=O)N(CC(F)F)CC2NC(=O)C3COCCC3N2)CC1. The van der Waals surface area contributed by atoms with Crippen molar-refractivity contribution in [2.75, 3.05) is 45.9 Å². The fourth-order valence-electron chi connectivity index (χ4n) is 5.24. The molecule has 3 saturated heterocycles. The summed E-state index contributed by atoms with van der Waals surface area (Å²) in [6.45, 7) is 0.516. The molecule has 0 aliphatic carbocycles. The first-order valence-electron chi connectivity index (χ1n) is 12.6. The Hall–Kier alpha value is -2.64. The summed E-state index contributed by atoms with van der Waals surface area (Å²) in [4.78, 5) is 41.0. The van der Waals surface area contributed by atoms with Crippen molar-refractivity contribution in [3.05, 3.63) is 35.4 Å². The molecule has 8 nitrogen and oxygen atoms in total. The zero-order valence-electron chi connectivity index (χ0n) is 20.7. The number of carbonyl (C=O) groups excluding carboxylic acids is 3. The molecule has 1 aromatic rings. The van der Waals surface area contributed by atoms with Gasteiger partial charge in [-0.25, -0.2) is 8.78 Å². The zero-order chi connectivity index (χ0) is 27.4. The highest BCUT2D eigenvalue weighted by molar-refractivity contribution is 5.98. The van der Waals surface area contributed by atoms with Gasteiger partial charge in [0.15, 0.2) is 5.78 Å². The second-order valence-electron chi connectivity index (χ2n) is 9.98. The molecule has 3 atom stereocenters. The number of fused-ring (bicyclic) bond motifs is 1. The summed E-state index contributed by atoms with van der Waals surface area (Å²) < 4.78 is 70.2. The molecule has 3 aliphatic heterocycles. The number of amides is 2. The van der Waals surface area contributed by atoms with E-state index < -0.39 is 42.7 Å². The molecule has 3 heterocycles. The van der Waals surface area contributed by atoms with E-state index in [4.69, 9.17) is 4.74 Å². The average Bonchev–Trinajstić information content (AvgIpc) is 2.88. The van der Waals surface area contributed by atoms with E-state index >= 15 is 0 Å². The van der Waals surface area contributed by atoms with Gasteiger partial charge in [0.05, 0.1) is 43.9 Å². The Morgan fingerprint density at radius 2 is 1.79 bits per heavy atom. The smallest absolute Gasteiger partial charge is 0.381 e. The number of ketones is 1. The van der Waals surface area contributed by atoms with Gasteiger partial charge in [0.1, 0.15) is 0 Å². The van der Waals surface area contributed by atoms with Gasteiger partial charge in [-0.2, -0.15) is 13.2 Å². The molecule has 2 amide bonds. The van der Waals surface area contributed by atoms with Gasteiger partial charge in [-0.15, -0.1) is 0 Å². The number of halogens is 5. The van der Waals surface area contributed by atoms with Crippen LogP contribution in [-0.2, 0) is 20.5 Å². The van der Waals surface area contributed by atoms with Crippen LogP contribution in [0.3, 0.4) is 0 Å². The lowest BCUT2D eigenvalue weighted by molar-refractivity contribution is -0.140. The normalized spacial score (nSPS) is 25.1. The standard InChI is InChI=1S/C25H31F5N4O4/c26-20(27)11-34(12-21-31-19-7-10-38-14-18(19)24(37)32-21)22(35)13-33-8-5-16(6-9-33)23(36)15-1-3-17(4-2-15)25(28,29)30/h1-4,16,18-21,31H,5-14H2,(H,32,37). The van der Waals surface area contributed by atoms with Crippen LogP contribution in [0.5, 0.6) is 0 Å². The Balaban J connectivity index is 1.29. The van der Waals surface area contributed by atoms with Gasteiger partial charge < -0.3 is 15.0 Å². The number of Topliss-reactive ketones (excluding diaryl/α,β-unsaturated/α-hetero) is 1. The highest BCUT2D eigenvalue weighted by atomic mass is 19.4. The van der Waals surface area contributed by atoms with Crippen molar-refractivity contribution in [2.24, 2.45) is 11.8 Å². The summed E-state index contributed by atoms with van der Waals surface area (Å²) in [5, 5.41) is 5.97. The summed E-state index contributed by atoms with van der Waals surface area (Å²) in [6, 6.07) is 3.95. The summed E-state index contributed by atoms with van der Waals surface area (Å²) in [6.07, 6.45) is -6.49. The Kier molecular flexibility index (Phi) is 8.99. The lowest BCUT2D eigenvalue weighted by atomic mass is 9.88. The lowest BCUT2D eigenvalue weighted by Crippen LogP contribution is -2.67. The number of ether oxygens (including phenoxy) is 1. The van der Waals surface area contributed by atoms with E-state index in [1.807, 2.05) is 0 Å². The number of nitrogens with zero attached hydrogens (tertiary/aromatic N) is 2. The first-order chi connectivity index (χ1) is 18.0. The average molecular weight is 547 g/mol. The molecule has 1 aromatic carbocycles. The van der Waals surface area contributed by atoms with Crippen molar-refractivity contribution in [1.29, 1.82) is 0 Å². The fourth-order valence-corrected chi connectivity index (χ4v) is 5.24. The van der Waals surface area contributed by atoms with Crippen molar-refractivity contribution in [2.45, 2.75) is 44.1 Å². The zero-order valence-corrected chi connectivity index (χ0v) is 20.7. The Morgan fingerprint density at radius 1 is 1.11 bits per heavy atom. The van der Waals surface area contributed by atoms with E-state index in [1.165, 1.54) is 12.1 Å². The van der Waals surface area contributed by atoms with Gasteiger partial charge in [0, 0.05) is 24.1 Å². The minimum Gasteiger partial charge on any atom is -0.381 e. The second-order valence-corrected chi connectivity index (χ2v) is 9.98. The van der Waals surface area contributed by atoms with Gasteiger partial charge in [-0.3, -0.25) is 24.6 Å². The van der Waals surface area contributed by atoms with Crippen molar-refractivity contribution in [3.8, 4) is 0 Å². The summed E-state index contributed by atoms with van der Waals surface area (Å²) in [5.41, 5.74) is -0.629. The number of nitrogens with one attached hydrogen (secondary N) is 2. The van der Waals surface area contributed by atoms with E-state index in [0.717, 1.165) is 17.0 Å². The first kappa shape index (κ1) is 28.4. The monoisotopic (exact) mass is 546 g/mol. The predicted octanol–water partition coefficient (Wildman–Crippen LogP) is 2.14. The number of likely N-dealkylation sites (tertiary alicyclic amines) is 1. The number of piperidine rings is 1. The maximum atomic E-state index is 13.3. The minimum absolute atomic E-state index is 0.109. The van der Waals surface area contributed by atoms with Crippen LogP contribution in [0, 0.1) is 11.8 Å². The van der Waals surface area contributed by atoms with Crippen LogP contribution < -0.4 is 10.6 Å². The van der Waals surface area contributed by atoms with E-state index in [-0.39, 0.29) is 48.9 Å². The molecule has 2 N–H and O–H groups in total. The molecule has 3 fully saturated rings. The summed E-state index contributed by atoms with van der Waals surface area (Å²) in [7, 11) is 0. The highest BCUT2D eigenvalue weighted by Gasteiger charge is 2.39. The van der Waals surface area contributed by atoms with Crippen LogP contribution in [0.1, 0.15) is 35.2 Å². The first-order valence-corrected chi connectivity index (χ1v) is 12.6. The van der Waals surface area contributed by atoms with Crippen LogP contribution >= 0.6 is 0 Å². The molecule has 0 bridgehead atoms. The molecule has 0 radical (unpaired) electrons. The molecule has 38 heavy (non-hydrogen) atoms. The van der Waals surface area contributed by atoms with Crippen molar-refractivity contribution in [1.82, 2.24) is 20.4 Å². The number of rotatable bonds is 8. The molecule has 3 aliphatic rings. The molecule has 13 heteroatoms. The minimum atomic E-state index is -4.48. The number of benzene rings is 1. The van der Waals surface area contributed by atoms with Crippen LogP contribution in [0.25, 0.3) is 0 Å². The lowest BCUT2D eigenvalue weighted by Gasteiger charge is -2.41. The maximum Gasteiger partial charge on any atom is 0.416 e. The summed E-state index contributed by atoms with van der Waals surface area (Å²) >= 11 is 0. The molecular weight excluding hydrogens is 515 g/mol. The largest absolute Gasteiger partial charge is 0.416 e. The Bertz CT molecular complexity index is 998. The van der Waals surface area contributed by atoms with Crippen molar-refractivity contribution in [3.63, 3.8) is 0 Å². The summed E-state index contributed by atoms with van der Waals surface area (Å²) in [5.74, 6) is -1.75. The third-order valence-corrected chi connectivity index (χ3v) is 7.35. The van der Waals surface area contributed by atoms with Gasteiger partial charge in [-0.05, 0) is 44.5 Å². The predicted molar refractivity (Wildman–Crippen MR) is 125 cm³/mol. The van der Waals surface area contributed by atoms with Gasteiger partial charge in [-0.1, -0.05) is 12.1 Å². The Labute approximate surface area is 216 Å². The molecule has 4 rings (SSSR count). The van der Waals surface area contributed by atoms with Crippen molar-refractivity contribution < 1.29 is 41.1 Å². The maximum absolute atomic E-state index is 13.3. The third kappa shape index (κ3) is 7.06. The molecule has 3 unspecified atom stereocenters. The second kappa shape index (κ2) is 12.0. The van der Waals surface area contributed by atoms with Crippen LogP contribution in [0.4, 0.5) is 22.0 Å². The van der Waals surface area contributed by atoms with E-state index in [1.54, 1.807) is 4.90 Å². The van der Waals surface area contributed by atoms with Crippen molar-refractivity contribution >= 4 is 17.6 Å². The third-order valence-electron chi connectivity index (χ3n) is 7.35. The fraction of sp³-hybridized carbons (Fsp3) is 0.640. The van der Waals surface area contributed by atoms with E-state index in [9.17, 15) is 36.3 Å². The van der Waals surface area contributed by atoms with Gasteiger partial charge in [0.2, 0.25) is 11.8 Å². The van der Waals surface area contributed by atoms with Crippen LogP contribution in [0.2, 0.25) is 0 Å². The number of carbonyl (C=O) groups is 3.